The van der Waals surface area contributed by atoms with Gasteiger partial charge in [-0.25, -0.2) is 9.48 Å². The van der Waals surface area contributed by atoms with E-state index in [0.717, 1.165) is 25.5 Å². The summed E-state index contributed by atoms with van der Waals surface area (Å²) in [5.41, 5.74) is 0. The van der Waals surface area contributed by atoms with Gasteiger partial charge in [-0.3, -0.25) is 5.32 Å². The number of carbonyl (C=O) groups excluding carboxylic acids is 1. The molecule has 0 unspecified atom stereocenters. The second-order valence-electron chi connectivity index (χ2n) is 6.17. The Morgan fingerprint density at radius 2 is 2.19 bits per heavy atom. The van der Waals surface area contributed by atoms with Gasteiger partial charge in [0.15, 0.2) is 0 Å². The minimum atomic E-state index is -0.140. The van der Waals surface area contributed by atoms with Gasteiger partial charge >= 0.3 is 6.03 Å². The zero-order valence-corrected chi connectivity index (χ0v) is 12.7. The van der Waals surface area contributed by atoms with Crippen molar-refractivity contribution in [1.82, 2.24) is 20.0 Å². The van der Waals surface area contributed by atoms with Gasteiger partial charge in [-0.15, -0.1) is 0 Å². The maximum Gasteiger partial charge on any atom is 0.320 e. The zero-order valence-electron chi connectivity index (χ0n) is 12.7. The molecule has 2 amide bonds. The van der Waals surface area contributed by atoms with Gasteiger partial charge in [-0.2, -0.15) is 5.10 Å². The number of hydrogen-bond donors (Lipinski definition) is 2. The molecule has 3 rings (SSSR count). The summed E-state index contributed by atoms with van der Waals surface area (Å²) in [4.78, 5) is 14.4. The highest BCUT2D eigenvalue weighted by molar-refractivity contribution is 5.88. The quantitative estimate of drug-likeness (QED) is 0.843. The number of hydrogen-bond acceptors (Lipinski definition) is 3. The Kier molecular flexibility index (Phi) is 4.43. The molecule has 6 heteroatoms. The lowest BCUT2D eigenvalue weighted by atomic mass is 10.2. The van der Waals surface area contributed by atoms with Crippen LogP contribution >= 0.6 is 0 Å². The summed E-state index contributed by atoms with van der Waals surface area (Å²) in [6.45, 7) is 6.12. The number of rotatable bonds is 6. The van der Waals surface area contributed by atoms with Crippen LogP contribution in [0, 0.1) is 5.92 Å². The predicted octanol–water partition coefficient (Wildman–Crippen LogP) is 2.07. The summed E-state index contributed by atoms with van der Waals surface area (Å²) in [5.74, 6) is 1.50. The molecular formula is C15H25N5O. The highest BCUT2D eigenvalue weighted by Crippen LogP contribution is 2.40. The number of carbonyl (C=O) groups is 1. The molecule has 1 aliphatic carbocycles. The van der Waals surface area contributed by atoms with Gasteiger partial charge in [0.05, 0.1) is 12.2 Å². The van der Waals surface area contributed by atoms with E-state index >= 15 is 0 Å². The molecule has 1 saturated carbocycles. The lowest BCUT2D eigenvalue weighted by Gasteiger charge is -2.17. The molecule has 1 aromatic heterocycles. The summed E-state index contributed by atoms with van der Waals surface area (Å²) < 4.78 is 1.93. The molecule has 0 radical (unpaired) electrons. The Labute approximate surface area is 125 Å². The number of amides is 2. The average molecular weight is 291 g/mol. The maximum absolute atomic E-state index is 12.0. The first-order chi connectivity index (χ1) is 10.2. The van der Waals surface area contributed by atoms with E-state index in [9.17, 15) is 4.79 Å². The Bertz CT molecular complexity index is 476. The molecule has 1 atom stereocenters. The highest BCUT2D eigenvalue weighted by Gasteiger charge is 2.30. The molecule has 0 aromatic carbocycles. The third-order valence-corrected chi connectivity index (χ3v) is 4.51. The first kappa shape index (κ1) is 14.4. The van der Waals surface area contributed by atoms with Crippen LogP contribution in [0.5, 0.6) is 0 Å². The minimum Gasteiger partial charge on any atom is -0.337 e. The van der Waals surface area contributed by atoms with E-state index in [1.807, 2.05) is 10.7 Å². The minimum absolute atomic E-state index is 0.140. The molecule has 2 fully saturated rings. The van der Waals surface area contributed by atoms with Crippen LogP contribution in [0.25, 0.3) is 0 Å². The highest BCUT2D eigenvalue weighted by atomic mass is 16.2. The van der Waals surface area contributed by atoms with Gasteiger partial charge in [0.1, 0.15) is 5.82 Å². The standard InChI is InChI=1S/C15H25N5O/c1-12(13-4-5-13)20-14(6-7-17-20)18-15(21)16-8-11-19-9-2-3-10-19/h6-7,12-13H,2-5,8-11H2,1H3,(H2,16,18,21)/t12-/m1/s1. The Hall–Kier alpha value is -1.56. The summed E-state index contributed by atoms with van der Waals surface area (Å²) in [6.07, 6.45) is 6.85. The molecule has 0 bridgehead atoms. The van der Waals surface area contributed by atoms with Gasteiger partial charge in [-0.05, 0) is 51.6 Å². The molecule has 2 N–H and O–H groups in total. The lowest BCUT2D eigenvalue weighted by Crippen LogP contribution is -2.36. The molecule has 2 heterocycles. The van der Waals surface area contributed by atoms with E-state index < -0.39 is 0 Å². The molecule has 116 valence electrons. The topological polar surface area (TPSA) is 62.2 Å². The number of nitrogens with zero attached hydrogens (tertiary/aromatic N) is 3. The fourth-order valence-corrected chi connectivity index (χ4v) is 3.01. The van der Waals surface area contributed by atoms with Crippen molar-refractivity contribution in [3.8, 4) is 0 Å². The third-order valence-electron chi connectivity index (χ3n) is 4.51. The van der Waals surface area contributed by atoms with Crippen LogP contribution in [-0.2, 0) is 0 Å². The number of urea groups is 1. The zero-order chi connectivity index (χ0) is 14.7. The normalized spacial score (nSPS) is 20.4. The smallest absolute Gasteiger partial charge is 0.320 e. The van der Waals surface area contributed by atoms with E-state index in [2.05, 4.69) is 27.6 Å². The van der Waals surface area contributed by atoms with Crippen molar-refractivity contribution >= 4 is 11.8 Å². The van der Waals surface area contributed by atoms with Gasteiger partial charge in [-0.1, -0.05) is 0 Å². The predicted molar refractivity (Wildman–Crippen MR) is 82.4 cm³/mol. The first-order valence-corrected chi connectivity index (χ1v) is 8.05. The second kappa shape index (κ2) is 6.47. The van der Waals surface area contributed by atoms with E-state index in [-0.39, 0.29) is 6.03 Å². The second-order valence-corrected chi connectivity index (χ2v) is 6.17. The van der Waals surface area contributed by atoms with Crippen molar-refractivity contribution < 1.29 is 4.79 Å². The molecule has 1 aromatic rings. The maximum atomic E-state index is 12.0. The fraction of sp³-hybridized carbons (Fsp3) is 0.733. The van der Waals surface area contributed by atoms with Gasteiger partial charge in [0, 0.05) is 19.2 Å². The first-order valence-electron chi connectivity index (χ1n) is 8.05. The Morgan fingerprint density at radius 1 is 1.43 bits per heavy atom. The largest absolute Gasteiger partial charge is 0.337 e. The third kappa shape index (κ3) is 3.75. The van der Waals surface area contributed by atoms with Crippen LogP contribution in [0.3, 0.4) is 0 Å². The van der Waals surface area contributed by atoms with Crippen LogP contribution in [0.15, 0.2) is 12.3 Å². The number of aromatic nitrogens is 2. The van der Waals surface area contributed by atoms with Crippen LogP contribution in [-0.4, -0.2) is 46.9 Å². The van der Waals surface area contributed by atoms with E-state index in [1.165, 1.54) is 25.7 Å². The van der Waals surface area contributed by atoms with Gasteiger partial charge in [0.25, 0.3) is 0 Å². The van der Waals surface area contributed by atoms with Crippen LogP contribution in [0.4, 0.5) is 10.6 Å². The van der Waals surface area contributed by atoms with Crippen molar-refractivity contribution in [1.29, 1.82) is 0 Å². The van der Waals surface area contributed by atoms with Crippen molar-refractivity contribution in [2.75, 3.05) is 31.5 Å². The Morgan fingerprint density at radius 3 is 2.90 bits per heavy atom. The summed E-state index contributed by atoms with van der Waals surface area (Å²) in [5, 5.41) is 10.2. The SMILES string of the molecule is C[C@H](C1CC1)n1nccc1NC(=O)NCCN1CCCC1. The summed E-state index contributed by atoms with van der Waals surface area (Å²) in [6, 6.07) is 2.08. The van der Waals surface area contributed by atoms with Crippen molar-refractivity contribution in [2.45, 2.75) is 38.6 Å². The molecule has 1 saturated heterocycles. The summed E-state index contributed by atoms with van der Waals surface area (Å²) >= 11 is 0. The van der Waals surface area contributed by atoms with Crippen LogP contribution in [0.1, 0.15) is 38.6 Å². The van der Waals surface area contributed by atoms with Crippen molar-refractivity contribution in [3.05, 3.63) is 12.3 Å². The molecule has 2 aliphatic rings. The van der Waals surface area contributed by atoms with E-state index in [1.54, 1.807) is 6.20 Å². The number of nitrogens with one attached hydrogen (secondary N) is 2. The van der Waals surface area contributed by atoms with Crippen LogP contribution in [0.2, 0.25) is 0 Å². The van der Waals surface area contributed by atoms with Gasteiger partial charge in [0.2, 0.25) is 0 Å². The average Bonchev–Trinajstić information content (AvgIpc) is 3.00. The number of likely N-dealkylation sites (tertiary alicyclic amines) is 1. The Balaban J connectivity index is 1.44. The molecule has 6 nitrogen and oxygen atoms in total. The van der Waals surface area contributed by atoms with E-state index in [4.69, 9.17) is 0 Å². The van der Waals surface area contributed by atoms with Crippen LogP contribution < -0.4 is 10.6 Å². The molecular weight excluding hydrogens is 266 g/mol. The number of anilines is 1. The van der Waals surface area contributed by atoms with Crippen molar-refractivity contribution in [3.63, 3.8) is 0 Å². The van der Waals surface area contributed by atoms with E-state index in [0.29, 0.717) is 18.5 Å². The molecule has 1 aliphatic heterocycles. The van der Waals surface area contributed by atoms with Gasteiger partial charge < -0.3 is 10.2 Å². The molecule has 0 spiro atoms. The summed E-state index contributed by atoms with van der Waals surface area (Å²) in [7, 11) is 0. The molecule has 21 heavy (non-hydrogen) atoms. The fourth-order valence-electron chi connectivity index (χ4n) is 3.01. The van der Waals surface area contributed by atoms with Crippen molar-refractivity contribution in [2.24, 2.45) is 5.92 Å². The lowest BCUT2D eigenvalue weighted by molar-refractivity contribution is 0.249. The monoisotopic (exact) mass is 291 g/mol.